The van der Waals surface area contributed by atoms with E-state index >= 15 is 0 Å². The molecule has 5 heterocycles. The van der Waals surface area contributed by atoms with Crippen LogP contribution in [0.15, 0.2) is 36.8 Å². The maximum Gasteiger partial charge on any atom is 0.220 e. The Balaban J connectivity index is 1.72. The van der Waals surface area contributed by atoms with Crippen LogP contribution in [0.25, 0.3) is 33.5 Å². The minimum Gasteiger partial charge on any atom is -0.477 e. The summed E-state index contributed by atoms with van der Waals surface area (Å²) in [7, 11) is 0. The summed E-state index contributed by atoms with van der Waals surface area (Å²) in [5.41, 5.74) is 3.79. The second kappa shape index (κ2) is 6.40. The quantitative estimate of drug-likeness (QED) is 0.545. The van der Waals surface area contributed by atoms with Crippen molar-refractivity contribution < 1.29 is 9.13 Å². The van der Waals surface area contributed by atoms with Gasteiger partial charge < -0.3 is 4.74 Å². The van der Waals surface area contributed by atoms with Crippen molar-refractivity contribution in [3.05, 3.63) is 42.6 Å². The number of pyridine rings is 2. The molecule has 7 nitrogen and oxygen atoms in total. The number of fused-ring (bicyclic) bond motifs is 2. The first-order chi connectivity index (χ1) is 13.6. The van der Waals surface area contributed by atoms with E-state index in [1.807, 2.05) is 34.7 Å². The van der Waals surface area contributed by atoms with Crippen LogP contribution < -0.4 is 4.74 Å². The molecule has 4 aromatic rings. The Morgan fingerprint density at radius 2 is 2.11 bits per heavy atom. The highest BCUT2D eigenvalue weighted by Gasteiger charge is 2.27. The normalized spacial score (nSPS) is 16.2. The maximum absolute atomic E-state index is 13.4. The van der Waals surface area contributed by atoms with Crippen molar-refractivity contribution in [3.8, 4) is 28.4 Å². The molecule has 0 amide bonds. The van der Waals surface area contributed by atoms with Crippen LogP contribution >= 0.6 is 0 Å². The first-order valence-corrected chi connectivity index (χ1v) is 9.31. The lowest BCUT2D eigenvalue weighted by Gasteiger charge is -2.21. The summed E-state index contributed by atoms with van der Waals surface area (Å²) >= 11 is 0. The molecule has 0 spiro atoms. The van der Waals surface area contributed by atoms with Gasteiger partial charge in [0.2, 0.25) is 5.88 Å². The molecule has 0 aromatic carbocycles. The lowest BCUT2D eigenvalue weighted by Crippen LogP contribution is -2.23. The van der Waals surface area contributed by atoms with Crippen LogP contribution in [-0.2, 0) is 13.1 Å². The number of rotatable bonds is 3. The molecule has 142 valence electrons. The second-order valence-electron chi connectivity index (χ2n) is 7.09. The van der Waals surface area contributed by atoms with E-state index in [1.165, 1.54) is 12.3 Å². The fourth-order valence-corrected chi connectivity index (χ4v) is 3.58. The van der Waals surface area contributed by atoms with Crippen molar-refractivity contribution in [2.75, 3.05) is 6.61 Å². The van der Waals surface area contributed by atoms with Gasteiger partial charge in [-0.15, -0.1) is 0 Å². The fraction of sp³-hybridized carbons (Fsp3) is 0.300. The third-order valence-electron chi connectivity index (χ3n) is 4.93. The van der Waals surface area contributed by atoms with E-state index in [1.54, 1.807) is 6.07 Å². The van der Waals surface area contributed by atoms with Crippen molar-refractivity contribution in [2.24, 2.45) is 5.92 Å². The third kappa shape index (κ3) is 2.64. The van der Waals surface area contributed by atoms with Crippen LogP contribution in [0.2, 0.25) is 0 Å². The highest BCUT2D eigenvalue weighted by atomic mass is 19.1. The minimum absolute atomic E-state index is 0.359. The van der Waals surface area contributed by atoms with E-state index in [4.69, 9.17) is 9.84 Å². The van der Waals surface area contributed by atoms with Crippen LogP contribution in [-0.4, -0.2) is 36.1 Å². The van der Waals surface area contributed by atoms with Gasteiger partial charge in [-0.2, -0.15) is 10.2 Å². The lowest BCUT2D eigenvalue weighted by molar-refractivity contribution is 0.176. The number of ether oxygens (including phenoxy) is 1. The maximum atomic E-state index is 13.4. The smallest absolute Gasteiger partial charge is 0.220 e. The summed E-state index contributed by atoms with van der Waals surface area (Å²) in [6.07, 6.45) is 4.82. The molecule has 28 heavy (non-hydrogen) atoms. The molecule has 0 aliphatic carbocycles. The number of aryl methyl sites for hydroxylation is 1. The predicted octanol–water partition coefficient (Wildman–Crippen LogP) is 3.54. The Bertz CT molecular complexity index is 1160. The first kappa shape index (κ1) is 16.9. The van der Waals surface area contributed by atoms with Gasteiger partial charge in [-0.05, 0) is 25.1 Å². The number of hydrogen-bond donors (Lipinski definition) is 0. The van der Waals surface area contributed by atoms with Gasteiger partial charge in [0.15, 0.2) is 5.65 Å². The molecular formula is C20H19FN6O. The van der Waals surface area contributed by atoms with Gasteiger partial charge in [-0.25, -0.2) is 18.7 Å². The zero-order valence-corrected chi connectivity index (χ0v) is 15.6. The van der Waals surface area contributed by atoms with Gasteiger partial charge in [-0.3, -0.25) is 4.98 Å². The zero-order chi connectivity index (χ0) is 19.3. The van der Waals surface area contributed by atoms with E-state index in [0.29, 0.717) is 29.8 Å². The fourth-order valence-electron chi connectivity index (χ4n) is 3.58. The van der Waals surface area contributed by atoms with Gasteiger partial charge in [0.25, 0.3) is 0 Å². The molecule has 0 bridgehead atoms. The van der Waals surface area contributed by atoms with Crippen molar-refractivity contribution in [2.45, 2.75) is 26.9 Å². The average Bonchev–Trinajstić information content (AvgIpc) is 3.28. The minimum atomic E-state index is -0.380. The molecular weight excluding hydrogens is 359 g/mol. The van der Waals surface area contributed by atoms with Crippen LogP contribution in [0.3, 0.4) is 0 Å². The van der Waals surface area contributed by atoms with Crippen molar-refractivity contribution in [1.82, 2.24) is 29.5 Å². The van der Waals surface area contributed by atoms with Crippen molar-refractivity contribution in [1.29, 1.82) is 0 Å². The molecule has 4 aromatic heterocycles. The van der Waals surface area contributed by atoms with Crippen LogP contribution in [0.4, 0.5) is 4.39 Å². The average molecular weight is 378 g/mol. The Labute approximate surface area is 160 Å². The van der Waals surface area contributed by atoms with E-state index < -0.39 is 0 Å². The Kier molecular flexibility index (Phi) is 3.85. The summed E-state index contributed by atoms with van der Waals surface area (Å²) in [5, 5.41) is 10.1. The number of hydrogen-bond acceptors (Lipinski definition) is 5. The molecule has 1 atom stereocenters. The van der Waals surface area contributed by atoms with Crippen LogP contribution in [0.1, 0.15) is 13.8 Å². The summed E-state index contributed by atoms with van der Waals surface area (Å²) in [4.78, 5) is 8.84. The number of halogens is 1. The van der Waals surface area contributed by atoms with Crippen LogP contribution in [0, 0.1) is 11.7 Å². The molecule has 0 radical (unpaired) electrons. The second-order valence-corrected chi connectivity index (χ2v) is 7.09. The van der Waals surface area contributed by atoms with Crippen LogP contribution in [0.5, 0.6) is 5.88 Å². The molecule has 1 unspecified atom stereocenters. The third-order valence-corrected chi connectivity index (χ3v) is 4.93. The SMILES string of the molecule is CCn1ncc2cc(-c3c(-c4ccc(F)cn4)nn4c3OCC(C)C4)cnc21. The molecule has 1 aliphatic heterocycles. The van der Waals surface area contributed by atoms with Crippen molar-refractivity contribution in [3.63, 3.8) is 0 Å². The van der Waals surface area contributed by atoms with Gasteiger partial charge in [0.05, 0.1) is 36.8 Å². The molecule has 0 saturated carbocycles. The van der Waals surface area contributed by atoms with E-state index in [9.17, 15) is 4.39 Å². The topological polar surface area (TPSA) is 70.7 Å². The molecule has 0 fully saturated rings. The Hall–Kier alpha value is -3.29. The largest absolute Gasteiger partial charge is 0.477 e. The zero-order valence-electron chi connectivity index (χ0n) is 15.6. The van der Waals surface area contributed by atoms with Crippen molar-refractivity contribution >= 4 is 11.0 Å². The van der Waals surface area contributed by atoms with Gasteiger partial charge >= 0.3 is 0 Å². The van der Waals surface area contributed by atoms with Gasteiger partial charge in [0.1, 0.15) is 11.5 Å². The summed E-state index contributed by atoms with van der Waals surface area (Å²) in [6.45, 7) is 6.28. The monoisotopic (exact) mass is 378 g/mol. The molecule has 8 heteroatoms. The number of nitrogens with zero attached hydrogens (tertiary/aromatic N) is 6. The van der Waals surface area contributed by atoms with Gasteiger partial charge in [0, 0.05) is 29.6 Å². The summed E-state index contributed by atoms with van der Waals surface area (Å²) in [5.74, 6) is 0.676. The Morgan fingerprint density at radius 1 is 1.21 bits per heavy atom. The van der Waals surface area contributed by atoms with Gasteiger partial charge in [-0.1, -0.05) is 6.92 Å². The van der Waals surface area contributed by atoms with E-state index in [0.717, 1.165) is 35.2 Å². The highest BCUT2D eigenvalue weighted by Crippen LogP contribution is 2.41. The predicted molar refractivity (Wildman–Crippen MR) is 102 cm³/mol. The molecule has 1 aliphatic rings. The van der Waals surface area contributed by atoms with E-state index in [2.05, 4.69) is 22.0 Å². The highest BCUT2D eigenvalue weighted by molar-refractivity contribution is 5.88. The summed E-state index contributed by atoms with van der Waals surface area (Å²) in [6, 6.07) is 5.06. The Morgan fingerprint density at radius 3 is 2.89 bits per heavy atom. The van der Waals surface area contributed by atoms with E-state index in [-0.39, 0.29) is 5.82 Å². The standard InChI is InChI=1S/C20H19FN6O/c1-3-26-19-14(8-24-26)6-13(7-23-19)17-18(16-5-4-15(21)9-22-16)25-27-10-12(2)11-28-20(17)27/h4-9,12H,3,10-11H2,1-2H3. The number of aromatic nitrogens is 6. The summed E-state index contributed by atoms with van der Waals surface area (Å²) < 4.78 is 23.1. The molecule has 5 rings (SSSR count). The lowest BCUT2D eigenvalue weighted by atomic mass is 10.0. The molecule has 0 saturated heterocycles. The first-order valence-electron chi connectivity index (χ1n) is 9.31. The molecule has 0 N–H and O–H groups in total.